The molecule has 2 N–H and O–H groups in total. The van der Waals surface area contributed by atoms with Gasteiger partial charge in [0, 0.05) is 18.3 Å². The van der Waals surface area contributed by atoms with Crippen molar-refractivity contribution in [3.63, 3.8) is 0 Å². The number of anilines is 1. The van der Waals surface area contributed by atoms with Crippen LogP contribution in [0.15, 0.2) is 42.5 Å². The van der Waals surface area contributed by atoms with Crippen LogP contribution in [-0.2, 0) is 9.59 Å². The maximum Gasteiger partial charge on any atom is 0.269 e. The fraction of sp³-hybridized carbons (Fsp3) is 0.238. The number of thiocarbonyl (C=S) groups is 1. The van der Waals surface area contributed by atoms with Crippen molar-refractivity contribution in [1.29, 1.82) is 0 Å². The smallest absolute Gasteiger partial charge is 0.269 e. The normalized spacial score (nSPS) is 16.1. The summed E-state index contributed by atoms with van der Waals surface area (Å²) in [6.45, 7) is 3.82. The van der Waals surface area contributed by atoms with Gasteiger partial charge in [-0.05, 0) is 55.9 Å². The zero-order chi connectivity index (χ0) is 22.0. The summed E-state index contributed by atoms with van der Waals surface area (Å²) in [7, 11) is 1.47. The predicted molar refractivity (Wildman–Crippen MR) is 114 cm³/mol. The van der Waals surface area contributed by atoms with Crippen LogP contribution in [0.3, 0.4) is 0 Å². The first kappa shape index (κ1) is 21.4. The first-order valence-electron chi connectivity index (χ1n) is 9.22. The quantitative estimate of drug-likeness (QED) is 0.716. The first-order valence-corrected chi connectivity index (χ1v) is 9.62. The van der Waals surface area contributed by atoms with Crippen LogP contribution in [0, 0.1) is 19.7 Å². The van der Waals surface area contributed by atoms with Crippen LogP contribution >= 0.6 is 12.2 Å². The van der Waals surface area contributed by atoms with Crippen LogP contribution in [0.4, 0.5) is 10.1 Å². The highest BCUT2D eigenvalue weighted by molar-refractivity contribution is 7.80. The van der Waals surface area contributed by atoms with Gasteiger partial charge in [-0.2, -0.15) is 0 Å². The Balaban J connectivity index is 1.75. The number of benzene rings is 2. The minimum absolute atomic E-state index is 0.0501. The SMILES string of the molecule is Cc1ccc(NC(=O)CC2C(=O)N(C)C(=S)N2NC(=O)c2cccc(F)c2)c(C)c1. The van der Waals surface area contributed by atoms with E-state index in [1.165, 1.54) is 35.2 Å². The third kappa shape index (κ3) is 4.46. The predicted octanol–water partition coefficient (Wildman–Crippen LogP) is 2.54. The molecule has 1 saturated heterocycles. The molecule has 2 aromatic carbocycles. The molecule has 0 saturated carbocycles. The molecule has 1 atom stereocenters. The van der Waals surface area contributed by atoms with E-state index in [0.717, 1.165) is 17.2 Å². The Morgan fingerprint density at radius 2 is 1.90 bits per heavy atom. The molecular formula is C21H21FN4O3S. The zero-order valence-corrected chi connectivity index (χ0v) is 17.5. The average molecular weight is 428 g/mol. The monoisotopic (exact) mass is 428 g/mol. The summed E-state index contributed by atoms with van der Waals surface area (Å²) in [6.07, 6.45) is -0.222. The number of aryl methyl sites for hydroxylation is 2. The lowest BCUT2D eigenvalue weighted by molar-refractivity contribution is -0.130. The lowest BCUT2D eigenvalue weighted by Crippen LogP contribution is -2.49. The van der Waals surface area contributed by atoms with Crippen LogP contribution < -0.4 is 10.7 Å². The van der Waals surface area contributed by atoms with Crippen molar-refractivity contribution in [2.45, 2.75) is 26.3 Å². The fourth-order valence-corrected chi connectivity index (χ4v) is 3.42. The molecule has 1 aliphatic heterocycles. The van der Waals surface area contributed by atoms with Gasteiger partial charge in [0.2, 0.25) is 5.91 Å². The van der Waals surface area contributed by atoms with Gasteiger partial charge < -0.3 is 5.32 Å². The van der Waals surface area contributed by atoms with E-state index in [1.54, 1.807) is 6.07 Å². The van der Waals surface area contributed by atoms with Crippen molar-refractivity contribution in [3.8, 4) is 0 Å². The molecule has 7 nitrogen and oxygen atoms in total. The summed E-state index contributed by atoms with van der Waals surface area (Å²) in [5.41, 5.74) is 5.18. The molecule has 3 rings (SSSR count). The number of nitrogens with zero attached hydrogens (tertiary/aromatic N) is 2. The number of hydrogen-bond acceptors (Lipinski definition) is 4. The lowest BCUT2D eigenvalue weighted by atomic mass is 10.1. The van der Waals surface area contributed by atoms with E-state index >= 15 is 0 Å². The van der Waals surface area contributed by atoms with E-state index < -0.39 is 29.6 Å². The van der Waals surface area contributed by atoms with Crippen molar-refractivity contribution in [2.24, 2.45) is 0 Å². The number of hydrogen-bond donors (Lipinski definition) is 2. The molecular weight excluding hydrogens is 407 g/mol. The average Bonchev–Trinajstić information content (AvgIpc) is 2.88. The Morgan fingerprint density at radius 3 is 2.57 bits per heavy atom. The molecule has 3 amide bonds. The molecule has 1 unspecified atom stereocenters. The molecule has 30 heavy (non-hydrogen) atoms. The number of likely N-dealkylation sites (N-methyl/N-ethyl adjacent to an activating group) is 1. The number of nitrogens with one attached hydrogen (secondary N) is 2. The summed E-state index contributed by atoms with van der Waals surface area (Å²) in [4.78, 5) is 38.9. The van der Waals surface area contributed by atoms with Gasteiger partial charge in [-0.3, -0.25) is 24.7 Å². The Hall–Kier alpha value is -3.33. The number of halogens is 1. The second kappa shape index (κ2) is 8.58. The second-order valence-electron chi connectivity index (χ2n) is 7.09. The van der Waals surface area contributed by atoms with Crippen LogP contribution in [0.25, 0.3) is 0 Å². The molecule has 1 fully saturated rings. The van der Waals surface area contributed by atoms with Gasteiger partial charge in [-0.15, -0.1) is 0 Å². The molecule has 0 aromatic heterocycles. The summed E-state index contributed by atoms with van der Waals surface area (Å²) in [5.74, 6) is -2.03. The van der Waals surface area contributed by atoms with E-state index in [1.807, 2.05) is 26.0 Å². The van der Waals surface area contributed by atoms with Gasteiger partial charge >= 0.3 is 0 Å². The van der Waals surface area contributed by atoms with Crippen molar-refractivity contribution >= 4 is 40.7 Å². The van der Waals surface area contributed by atoms with Crippen molar-refractivity contribution in [1.82, 2.24) is 15.3 Å². The maximum atomic E-state index is 13.4. The first-order chi connectivity index (χ1) is 14.2. The molecule has 0 bridgehead atoms. The van der Waals surface area contributed by atoms with Gasteiger partial charge in [0.25, 0.3) is 11.8 Å². The number of hydrazine groups is 1. The summed E-state index contributed by atoms with van der Waals surface area (Å²) >= 11 is 5.24. The maximum absolute atomic E-state index is 13.4. The van der Waals surface area contributed by atoms with Crippen molar-refractivity contribution in [3.05, 3.63) is 65.0 Å². The van der Waals surface area contributed by atoms with Gasteiger partial charge in [-0.1, -0.05) is 23.8 Å². The molecule has 9 heteroatoms. The zero-order valence-electron chi connectivity index (χ0n) is 16.7. The molecule has 0 spiro atoms. The van der Waals surface area contributed by atoms with Gasteiger partial charge in [0.15, 0.2) is 5.11 Å². The third-order valence-corrected chi connectivity index (χ3v) is 5.23. The molecule has 0 aliphatic carbocycles. The highest BCUT2D eigenvalue weighted by Gasteiger charge is 2.42. The lowest BCUT2D eigenvalue weighted by Gasteiger charge is -2.24. The van der Waals surface area contributed by atoms with E-state index in [-0.39, 0.29) is 17.1 Å². The Kier molecular flexibility index (Phi) is 6.12. The second-order valence-corrected chi connectivity index (χ2v) is 7.45. The topological polar surface area (TPSA) is 81.8 Å². The standard InChI is InChI=1S/C21H21FN4O3S/c1-12-7-8-16(13(2)9-12)23-18(27)11-17-20(29)25(3)21(30)26(17)24-19(28)14-5-4-6-15(22)10-14/h4-10,17H,11H2,1-3H3,(H,23,27)(H,24,28). The van der Waals surface area contributed by atoms with Crippen LogP contribution in [0.2, 0.25) is 0 Å². The number of carbonyl (C=O) groups excluding carboxylic acids is 3. The highest BCUT2D eigenvalue weighted by Crippen LogP contribution is 2.20. The van der Waals surface area contributed by atoms with Crippen molar-refractivity contribution < 1.29 is 18.8 Å². The molecule has 0 radical (unpaired) electrons. The number of rotatable bonds is 5. The van der Waals surface area contributed by atoms with Gasteiger partial charge in [0.1, 0.15) is 11.9 Å². The summed E-state index contributed by atoms with van der Waals surface area (Å²) in [6, 6.07) is 9.72. The minimum atomic E-state index is -1.01. The van der Waals surface area contributed by atoms with Gasteiger partial charge in [0.05, 0.1) is 6.42 Å². The van der Waals surface area contributed by atoms with Crippen LogP contribution in [0.5, 0.6) is 0 Å². The Labute approximate surface area is 178 Å². The van der Waals surface area contributed by atoms with Crippen LogP contribution in [-0.4, -0.2) is 45.8 Å². The highest BCUT2D eigenvalue weighted by atomic mass is 32.1. The third-order valence-electron chi connectivity index (χ3n) is 4.76. The largest absolute Gasteiger partial charge is 0.326 e. The van der Waals surface area contributed by atoms with E-state index in [4.69, 9.17) is 12.2 Å². The van der Waals surface area contributed by atoms with E-state index in [0.29, 0.717) is 5.69 Å². The van der Waals surface area contributed by atoms with Gasteiger partial charge in [-0.25, -0.2) is 9.40 Å². The fourth-order valence-electron chi connectivity index (χ4n) is 3.16. The van der Waals surface area contributed by atoms with E-state index in [2.05, 4.69) is 10.7 Å². The Bertz CT molecular complexity index is 1040. The molecule has 156 valence electrons. The molecule has 2 aromatic rings. The molecule has 1 aliphatic rings. The number of carbonyl (C=O) groups is 3. The van der Waals surface area contributed by atoms with E-state index in [9.17, 15) is 18.8 Å². The molecule has 1 heterocycles. The summed E-state index contributed by atoms with van der Waals surface area (Å²) < 4.78 is 13.4. The Morgan fingerprint density at radius 1 is 1.17 bits per heavy atom. The minimum Gasteiger partial charge on any atom is -0.326 e. The summed E-state index contributed by atoms with van der Waals surface area (Å²) in [5, 5.41) is 4.01. The van der Waals surface area contributed by atoms with Crippen LogP contribution in [0.1, 0.15) is 27.9 Å². The van der Waals surface area contributed by atoms with Crippen molar-refractivity contribution in [2.75, 3.05) is 12.4 Å². The number of amides is 3.